The Morgan fingerprint density at radius 2 is 1.63 bits per heavy atom. The van der Waals surface area contributed by atoms with Gasteiger partial charge >= 0.3 is 35.5 Å². The number of aliphatic hydroxyl groups is 2. The van der Waals surface area contributed by atoms with E-state index in [0.717, 1.165) is 0 Å². The van der Waals surface area contributed by atoms with Crippen LogP contribution < -0.4 is 0 Å². The minimum absolute atomic E-state index is 0. The number of hydrogen-bond acceptors (Lipinski definition) is 5. The number of carboxylic acids is 1. The van der Waals surface area contributed by atoms with E-state index in [4.69, 9.17) is 5.11 Å². The zero-order chi connectivity index (χ0) is 29.7. The average Bonchev–Trinajstić information content (AvgIpc) is 3.27. The molecule has 3 rings (SSSR count). The summed E-state index contributed by atoms with van der Waals surface area (Å²) in [6.07, 6.45) is -2.59. The number of amides is 1. The second kappa shape index (κ2) is 15.0. The molecule has 3 aromatic rings. The van der Waals surface area contributed by atoms with Crippen molar-refractivity contribution >= 4 is 41.4 Å². The Bertz CT molecular complexity index is 1360. The van der Waals surface area contributed by atoms with Gasteiger partial charge < -0.3 is 20.2 Å². The van der Waals surface area contributed by atoms with Gasteiger partial charge in [-0.2, -0.15) is 5.10 Å². The quantitative estimate of drug-likeness (QED) is 0.278. The van der Waals surface area contributed by atoms with Gasteiger partial charge in [0, 0.05) is 30.4 Å². The molecule has 0 aliphatic heterocycles. The summed E-state index contributed by atoms with van der Waals surface area (Å²) in [6, 6.07) is 8.33. The molecule has 0 saturated heterocycles. The second-order valence-electron chi connectivity index (χ2n) is 10.3. The molecule has 2 unspecified atom stereocenters. The van der Waals surface area contributed by atoms with Crippen LogP contribution in [0.2, 0.25) is 0 Å². The Morgan fingerprint density at radius 3 is 2.22 bits per heavy atom. The Balaban J connectivity index is 0.00000588. The number of carboxylic acid groups (broad SMARTS) is 1. The van der Waals surface area contributed by atoms with Gasteiger partial charge in [-0.25, -0.2) is 17.9 Å². The van der Waals surface area contributed by atoms with Crippen LogP contribution in [-0.4, -0.2) is 90.7 Å². The first-order chi connectivity index (χ1) is 18.8. The molecule has 41 heavy (non-hydrogen) atoms. The Kier molecular flexibility index (Phi) is 12.6. The predicted molar refractivity (Wildman–Crippen MR) is 149 cm³/mol. The van der Waals surface area contributed by atoms with Crippen molar-refractivity contribution < 1.29 is 38.1 Å². The topological polar surface area (TPSA) is 116 Å². The molecule has 0 aliphatic rings. The summed E-state index contributed by atoms with van der Waals surface area (Å²) in [7, 11) is 1.45. The van der Waals surface area contributed by atoms with E-state index in [-0.39, 0.29) is 78.1 Å². The van der Waals surface area contributed by atoms with Crippen LogP contribution in [0.5, 0.6) is 0 Å². The van der Waals surface area contributed by atoms with E-state index in [1.54, 1.807) is 0 Å². The van der Waals surface area contributed by atoms with E-state index in [1.165, 1.54) is 60.0 Å². The number of aliphatic carboxylic acids is 1. The molecule has 1 heterocycles. The first-order valence-corrected chi connectivity index (χ1v) is 12.9. The number of carbonyl (C=O) groups is 2. The van der Waals surface area contributed by atoms with Crippen LogP contribution in [0.4, 0.5) is 13.2 Å². The van der Waals surface area contributed by atoms with Crippen molar-refractivity contribution in [2.45, 2.75) is 71.1 Å². The maximum atomic E-state index is 14.5. The van der Waals surface area contributed by atoms with Gasteiger partial charge in [0.15, 0.2) is 17.3 Å². The van der Waals surface area contributed by atoms with Crippen molar-refractivity contribution in [3.8, 4) is 5.69 Å². The van der Waals surface area contributed by atoms with Gasteiger partial charge in [-0.15, -0.1) is 0 Å². The molecule has 2 atom stereocenters. The summed E-state index contributed by atoms with van der Waals surface area (Å²) in [5, 5.41) is 33.8. The first-order valence-electron chi connectivity index (χ1n) is 12.9. The minimum atomic E-state index is -1.23. The van der Waals surface area contributed by atoms with Crippen LogP contribution in [-0.2, 0) is 17.8 Å². The predicted octanol–water partition coefficient (Wildman–Crippen LogP) is 3.86. The Morgan fingerprint density at radius 1 is 1.00 bits per heavy atom. The van der Waals surface area contributed by atoms with E-state index in [2.05, 4.69) is 5.10 Å². The summed E-state index contributed by atoms with van der Waals surface area (Å²) in [5.41, 5.74) is 1.83. The summed E-state index contributed by atoms with van der Waals surface area (Å²) in [4.78, 5) is 25.7. The normalized spacial score (nSPS) is 12.6. The van der Waals surface area contributed by atoms with Crippen LogP contribution in [0.1, 0.15) is 71.9 Å². The van der Waals surface area contributed by atoms with Gasteiger partial charge in [-0.1, -0.05) is 26.0 Å². The monoisotopic (exact) mass is 585 g/mol. The molecule has 0 bridgehead atoms. The molecule has 0 radical (unpaired) electrons. The number of rotatable bonds is 12. The number of aliphatic hydroxyl groups excluding tert-OH is 2. The Hall–Kier alpha value is -2.70. The van der Waals surface area contributed by atoms with Gasteiger partial charge in [0.25, 0.3) is 5.91 Å². The van der Waals surface area contributed by atoms with Crippen LogP contribution in [0.3, 0.4) is 0 Å². The van der Waals surface area contributed by atoms with E-state index < -0.39 is 48.0 Å². The molecule has 3 N–H and O–H groups in total. The number of benzene rings is 2. The van der Waals surface area contributed by atoms with Crippen LogP contribution in [0.15, 0.2) is 36.4 Å². The van der Waals surface area contributed by atoms with Crippen molar-refractivity contribution in [1.29, 1.82) is 0 Å². The zero-order valence-electron chi connectivity index (χ0n) is 22.9. The molecule has 1 aromatic heterocycles. The summed E-state index contributed by atoms with van der Waals surface area (Å²) >= 11 is 0. The van der Waals surface area contributed by atoms with Gasteiger partial charge in [0.05, 0.1) is 24.3 Å². The van der Waals surface area contributed by atoms with E-state index in [1.807, 2.05) is 13.8 Å². The number of halogens is 3. The van der Waals surface area contributed by atoms with Crippen molar-refractivity contribution in [1.82, 2.24) is 14.7 Å². The summed E-state index contributed by atoms with van der Waals surface area (Å²) in [5.74, 6) is -4.41. The molecular formula is C29H35F3N3NaO5. The number of nitrogens with zero attached hydrogens (tertiary/aromatic N) is 3. The number of carbonyl (C=O) groups excluding carboxylic acids is 1. The van der Waals surface area contributed by atoms with Gasteiger partial charge in [0.2, 0.25) is 0 Å². The Labute approximate surface area is 259 Å². The fourth-order valence-electron chi connectivity index (χ4n) is 4.60. The molecular weight excluding hydrogens is 550 g/mol. The van der Waals surface area contributed by atoms with E-state index in [0.29, 0.717) is 16.9 Å². The van der Waals surface area contributed by atoms with Gasteiger partial charge in [0.1, 0.15) is 5.82 Å². The SMILES string of the molecule is Cc1ccc(CN(C)C(=O)c2nn(-c3ccc(F)cc3)c(CCC(O)CC(O)CC(=O)O)c2C(C)C)c(F)c1F.[NaH]. The van der Waals surface area contributed by atoms with Crippen molar-refractivity contribution in [3.63, 3.8) is 0 Å². The molecule has 1 amide bonds. The maximum absolute atomic E-state index is 14.5. The summed E-state index contributed by atoms with van der Waals surface area (Å²) in [6.45, 7) is 4.94. The summed E-state index contributed by atoms with van der Waals surface area (Å²) < 4.78 is 43.8. The molecule has 12 heteroatoms. The van der Waals surface area contributed by atoms with Gasteiger partial charge in [-0.3, -0.25) is 9.59 Å². The molecule has 0 aliphatic carbocycles. The third-order valence-corrected chi connectivity index (χ3v) is 6.65. The third-order valence-electron chi connectivity index (χ3n) is 6.65. The first kappa shape index (κ1) is 34.5. The van der Waals surface area contributed by atoms with Crippen LogP contribution in [0.25, 0.3) is 5.69 Å². The average molecular weight is 586 g/mol. The number of aromatic nitrogens is 2. The molecule has 2 aromatic carbocycles. The van der Waals surface area contributed by atoms with Crippen molar-refractivity contribution in [3.05, 3.63) is 81.9 Å². The number of hydrogen-bond donors (Lipinski definition) is 3. The molecule has 0 spiro atoms. The third kappa shape index (κ3) is 8.65. The molecule has 0 fully saturated rings. The van der Waals surface area contributed by atoms with Crippen LogP contribution >= 0.6 is 0 Å². The fourth-order valence-corrected chi connectivity index (χ4v) is 4.60. The van der Waals surface area contributed by atoms with Crippen molar-refractivity contribution in [2.24, 2.45) is 0 Å². The number of aryl methyl sites for hydroxylation is 1. The van der Waals surface area contributed by atoms with Crippen LogP contribution in [0, 0.1) is 24.4 Å². The van der Waals surface area contributed by atoms with Gasteiger partial charge in [-0.05, 0) is 61.9 Å². The van der Waals surface area contributed by atoms with Crippen molar-refractivity contribution in [2.75, 3.05) is 7.05 Å². The molecule has 8 nitrogen and oxygen atoms in total. The van der Waals surface area contributed by atoms with E-state index in [9.17, 15) is 33.0 Å². The molecule has 218 valence electrons. The fraction of sp³-hybridized carbons (Fsp3) is 0.414. The standard InChI is InChI=1S/C29H34F3N3O5.Na.H/c1-16(2)25-23(12-11-21(36)13-22(37)14-24(38)39)35(20-9-7-19(30)8-10-20)33-28(25)29(40)34(4)15-18-6-5-17(3)26(31)27(18)32;;/h5-10,16,21-22,36-37H,11-15H2,1-4H3,(H,38,39);;. The van der Waals surface area contributed by atoms with E-state index >= 15 is 0 Å². The second-order valence-corrected chi connectivity index (χ2v) is 10.3. The molecule has 0 saturated carbocycles. The zero-order valence-corrected chi connectivity index (χ0v) is 22.9.